The van der Waals surface area contributed by atoms with Crippen LogP contribution in [0.3, 0.4) is 0 Å². The van der Waals surface area contributed by atoms with E-state index < -0.39 is 11.2 Å². The second kappa shape index (κ2) is 9.55. The van der Waals surface area contributed by atoms with Gasteiger partial charge >= 0.3 is 5.16 Å². The van der Waals surface area contributed by atoms with Crippen LogP contribution in [0.5, 0.6) is 5.75 Å². The molecule has 0 fully saturated rings. The summed E-state index contributed by atoms with van der Waals surface area (Å²) in [5.41, 5.74) is 3.33. The van der Waals surface area contributed by atoms with Crippen molar-refractivity contribution >= 4 is 22.2 Å². The number of fused-ring (bicyclic) bond motifs is 1. The van der Waals surface area contributed by atoms with Gasteiger partial charge in [0.25, 0.3) is 0 Å². The maximum atomic E-state index is 12.8. The van der Waals surface area contributed by atoms with Crippen LogP contribution in [-0.4, -0.2) is 44.6 Å². The van der Waals surface area contributed by atoms with Crippen LogP contribution >= 0.6 is 0 Å². The lowest BCUT2D eigenvalue weighted by Gasteiger charge is -2.17. The monoisotopic (exact) mass is 438 g/mol. The van der Waals surface area contributed by atoms with Crippen molar-refractivity contribution in [2.75, 3.05) is 20.2 Å². The zero-order chi connectivity index (χ0) is 21.8. The van der Waals surface area contributed by atoms with Crippen LogP contribution < -0.4 is 4.74 Å². The summed E-state index contributed by atoms with van der Waals surface area (Å²) in [5, 5.41) is 0.462. The van der Waals surface area contributed by atoms with Gasteiger partial charge in [0.05, 0.1) is 23.3 Å². The molecule has 0 saturated carbocycles. The number of para-hydroxylation sites is 2. The molecule has 31 heavy (non-hydrogen) atoms. The van der Waals surface area contributed by atoms with Gasteiger partial charge in [0.2, 0.25) is 0 Å². The number of hydrogen-bond donors (Lipinski definition) is 1. The Kier molecular flexibility index (Phi) is 6.60. The van der Waals surface area contributed by atoms with Gasteiger partial charge in [-0.15, -0.1) is 0 Å². The molecule has 4 rings (SSSR count). The number of aromatic nitrogens is 3. The minimum atomic E-state index is -1.32. The Labute approximate surface area is 184 Å². The number of hydrogen-bond acceptors (Lipinski definition) is 6. The van der Waals surface area contributed by atoms with E-state index in [1.54, 1.807) is 6.20 Å². The molecule has 0 saturated heterocycles. The van der Waals surface area contributed by atoms with Crippen molar-refractivity contribution in [3.8, 4) is 5.75 Å². The third-order valence-corrected chi connectivity index (χ3v) is 6.22. The Morgan fingerprint density at radius 1 is 1.16 bits per heavy atom. The standard InChI is InChI=1S/C23H26N4O3S/c1-16-8-9-18(30-16)14-27(3)12-13-29-22-10-11-24-21(17(22)2)15-31(28)23-25-19-6-4-5-7-20(19)26-23/h4-11H,12-15H2,1-3H3,(H,25,26). The highest BCUT2D eigenvalue weighted by Crippen LogP contribution is 2.24. The molecule has 0 aliphatic rings. The number of aromatic amines is 1. The summed E-state index contributed by atoms with van der Waals surface area (Å²) < 4.78 is 24.5. The Bertz CT molecular complexity index is 1120. The molecule has 0 amide bonds. The number of nitrogens with one attached hydrogen (secondary N) is 1. The van der Waals surface area contributed by atoms with Gasteiger partial charge < -0.3 is 13.7 Å². The molecule has 1 atom stereocenters. The van der Waals surface area contributed by atoms with Crippen molar-refractivity contribution in [2.45, 2.75) is 31.3 Å². The molecule has 162 valence electrons. The molecule has 3 heterocycles. The van der Waals surface area contributed by atoms with E-state index in [1.807, 2.05) is 63.4 Å². The molecule has 4 aromatic rings. The number of pyridine rings is 1. The van der Waals surface area contributed by atoms with Crippen molar-refractivity contribution in [1.82, 2.24) is 19.9 Å². The molecular formula is C23H26N4O3S. The molecule has 8 heteroatoms. The summed E-state index contributed by atoms with van der Waals surface area (Å²) in [4.78, 5) is 14.1. The highest BCUT2D eigenvalue weighted by molar-refractivity contribution is 7.90. The van der Waals surface area contributed by atoms with Gasteiger partial charge in [0, 0.05) is 29.5 Å². The molecule has 0 radical (unpaired) electrons. The van der Waals surface area contributed by atoms with Crippen LogP contribution in [0, 0.1) is 13.8 Å². The highest BCUT2D eigenvalue weighted by atomic mass is 32.2. The summed E-state index contributed by atoms with van der Waals surface area (Å²) in [6.45, 7) is 5.91. The normalized spacial score (nSPS) is 12.5. The van der Waals surface area contributed by atoms with E-state index in [0.717, 1.165) is 52.7 Å². The Balaban J connectivity index is 1.35. The van der Waals surface area contributed by atoms with E-state index >= 15 is 0 Å². The van der Waals surface area contributed by atoms with Gasteiger partial charge in [-0.3, -0.25) is 14.9 Å². The number of benzene rings is 1. The molecule has 0 bridgehead atoms. The molecule has 0 spiro atoms. The van der Waals surface area contributed by atoms with Crippen LogP contribution in [0.2, 0.25) is 0 Å². The van der Waals surface area contributed by atoms with E-state index in [2.05, 4.69) is 19.9 Å². The summed E-state index contributed by atoms with van der Waals surface area (Å²) in [5.74, 6) is 2.89. The number of ether oxygens (including phenoxy) is 1. The van der Waals surface area contributed by atoms with Crippen LogP contribution in [0.25, 0.3) is 11.0 Å². The number of rotatable bonds is 9. The largest absolute Gasteiger partial charge is 0.609 e. The number of H-pyrrole nitrogens is 1. The fourth-order valence-electron chi connectivity index (χ4n) is 3.32. The minimum absolute atomic E-state index is 0.278. The Morgan fingerprint density at radius 3 is 2.77 bits per heavy atom. The van der Waals surface area contributed by atoms with Gasteiger partial charge in [-0.25, -0.2) is 0 Å². The van der Waals surface area contributed by atoms with Crippen molar-refractivity contribution in [3.63, 3.8) is 0 Å². The minimum Gasteiger partial charge on any atom is -0.609 e. The summed E-state index contributed by atoms with van der Waals surface area (Å²) in [6, 6.07) is 13.5. The fraction of sp³-hybridized carbons (Fsp3) is 0.304. The number of likely N-dealkylation sites (N-methyl/N-ethyl adjacent to an activating group) is 1. The van der Waals surface area contributed by atoms with Gasteiger partial charge in [0.1, 0.15) is 23.9 Å². The smallest absolute Gasteiger partial charge is 0.322 e. The molecule has 3 aromatic heterocycles. The third kappa shape index (κ3) is 5.28. The summed E-state index contributed by atoms with van der Waals surface area (Å²) in [6.07, 6.45) is 1.70. The van der Waals surface area contributed by atoms with Crippen LogP contribution in [0.4, 0.5) is 0 Å². The number of furan rings is 1. The molecule has 0 aliphatic heterocycles. The lowest BCUT2D eigenvalue weighted by molar-refractivity contribution is 0.220. The first-order valence-corrected chi connectivity index (χ1v) is 11.5. The SMILES string of the molecule is Cc1ccc(CN(C)CCOc2ccnc(C[S+]([O-])c3nc4ccccc4[nH]3)c2C)o1. The average Bonchev–Trinajstić information content (AvgIpc) is 3.36. The highest BCUT2D eigenvalue weighted by Gasteiger charge is 2.20. The zero-order valence-electron chi connectivity index (χ0n) is 17.9. The fourth-order valence-corrected chi connectivity index (χ4v) is 4.42. The van der Waals surface area contributed by atoms with E-state index in [0.29, 0.717) is 11.8 Å². The lowest BCUT2D eigenvalue weighted by atomic mass is 10.2. The first-order chi connectivity index (χ1) is 15.0. The van der Waals surface area contributed by atoms with Crippen LogP contribution in [0.15, 0.2) is 58.2 Å². The van der Waals surface area contributed by atoms with Gasteiger partial charge in [-0.05, 0) is 51.2 Å². The first-order valence-electron chi connectivity index (χ1n) is 10.1. The van der Waals surface area contributed by atoms with Gasteiger partial charge in [0.15, 0.2) is 5.75 Å². The van der Waals surface area contributed by atoms with E-state index in [-0.39, 0.29) is 5.75 Å². The number of imidazole rings is 1. The Hall–Kier alpha value is -2.81. The predicted octanol–water partition coefficient (Wildman–Crippen LogP) is 3.99. The topological polar surface area (TPSA) is 90.2 Å². The van der Waals surface area contributed by atoms with E-state index in [9.17, 15) is 4.55 Å². The second-order valence-electron chi connectivity index (χ2n) is 7.53. The molecule has 1 unspecified atom stereocenters. The summed E-state index contributed by atoms with van der Waals surface area (Å²) in [7, 11) is 2.03. The Morgan fingerprint density at radius 2 is 2.00 bits per heavy atom. The average molecular weight is 439 g/mol. The quantitative estimate of drug-likeness (QED) is 0.398. The number of nitrogens with zero attached hydrogens (tertiary/aromatic N) is 3. The van der Waals surface area contributed by atoms with Gasteiger partial charge in [-0.2, -0.15) is 4.98 Å². The van der Waals surface area contributed by atoms with Crippen molar-refractivity contribution in [1.29, 1.82) is 0 Å². The third-order valence-electron chi connectivity index (χ3n) is 5.06. The lowest BCUT2D eigenvalue weighted by Crippen LogP contribution is -2.24. The molecule has 1 aromatic carbocycles. The number of aryl methyl sites for hydroxylation is 1. The van der Waals surface area contributed by atoms with Crippen molar-refractivity contribution in [2.24, 2.45) is 0 Å². The second-order valence-corrected chi connectivity index (χ2v) is 8.89. The maximum Gasteiger partial charge on any atom is 0.322 e. The molecule has 0 aliphatic carbocycles. The van der Waals surface area contributed by atoms with E-state index in [1.165, 1.54) is 0 Å². The molecular weight excluding hydrogens is 412 g/mol. The zero-order valence-corrected chi connectivity index (χ0v) is 18.7. The van der Waals surface area contributed by atoms with Crippen LogP contribution in [-0.2, 0) is 23.5 Å². The predicted molar refractivity (Wildman–Crippen MR) is 120 cm³/mol. The van der Waals surface area contributed by atoms with Crippen molar-refractivity contribution in [3.05, 3.63) is 71.4 Å². The molecule has 1 N–H and O–H groups in total. The first kappa shape index (κ1) is 21.4. The maximum absolute atomic E-state index is 12.8. The molecule has 7 nitrogen and oxygen atoms in total. The summed E-state index contributed by atoms with van der Waals surface area (Å²) >= 11 is -1.32. The van der Waals surface area contributed by atoms with Crippen molar-refractivity contribution < 1.29 is 13.7 Å². The van der Waals surface area contributed by atoms with Crippen LogP contribution in [0.1, 0.15) is 22.8 Å². The van der Waals surface area contributed by atoms with Gasteiger partial charge in [-0.1, -0.05) is 12.1 Å². The van der Waals surface area contributed by atoms with E-state index in [4.69, 9.17) is 9.15 Å².